The van der Waals surface area contributed by atoms with Crippen molar-refractivity contribution >= 4 is 18.0 Å². The average Bonchev–Trinajstić information content (AvgIpc) is 2.86. The SMILES string of the molecule is O=C(CC(NC(=O)OCc1ccccc1)C(=O)OCc1ccccc1)OCc1ccccc1. The fourth-order valence-corrected chi connectivity index (χ4v) is 2.89. The molecule has 0 aromatic heterocycles. The summed E-state index contributed by atoms with van der Waals surface area (Å²) in [4.78, 5) is 37.3. The molecule has 3 aromatic carbocycles. The first-order valence-electron chi connectivity index (χ1n) is 10.5. The maximum atomic E-state index is 12.6. The Kier molecular flexibility index (Phi) is 9.03. The molecule has 7 nitrogen and oxygen atoms in total. The molecule has 0 saturated heterocycles. The molecule has 0 fully saturated rings. The van der Waals surface area contributed by atoms with Crippen LogP contribution in [0.25, 0.3) is 0 Å². The van der Waals surface area contributed by atoms with Crippen LogP contribution in [0.5, 0.6) is 0 Å². The van der Waals surface area contributed by atoms with Crippen LogP contribution in [-0.2, 0) is 43.6 Å². The van der Waals surface area contributed by atoms with E-state index in [9.17, 15) is 14.4 Å². The summed E-state index contributed by atoms with van der Waals surface area (Å²) in [5.41, 5.74) is 2.38. The summed E-state index contributed by atoms with van der Waals surface area (Å²) in [6.45, 7) is 0.0940. The molecule has 1 unspecified atom stereocenters. The molecule has 170 valence electrons. The fourth-order valence-electron chi connectivity index (χ4n) is 2.89. The summed E-state index contributed by atoms with van der Waals surface area (Å²) in [5.74, 6) is -1.41. The minimum absolute atomic E-state index is 0.00990. The molecule has 0 saturated carbocycles. The van der Waals surface area contributed by atoms with Gasteiger partial charge in [0.2, 0.25) is 0 Å². The maximum absolute atomic E-state index is 12.6. The predicted molar refractivity (Wildman–Crippen MR) is 121 cm³/mol. The molecule has 3 aromatic rings. The van der Waals surface area contributed by atoms with E-state index < -0.39 is 24.1 Å². The summed E-state index contributed by atoms with van der Waals surface area (Å²) < 4.78 is 15.7. The van der Waals surface area contributed by atoms with Crippen LogP contribution in [0.1, 0.15) is 23.1 Å². The highest BCUT2D eigenvalue weighted by atomic mass is 16.6. The number of alkyl carbamates (subject to hydrolysis) is 1. The Labute approximate surface area is 192 Å². The van der Waals surface area contributed by atoms with E-state index in [1.54, 1.807) is 24.3 Å². The van der Waals surface area contributed by atoms with Crippen LogP contribution in [-0.4, -0.2) is 24.1 Å². The molecule has 1 N–H and O–H groups in total. The second kappa shape index (κ2) is 12.7. The second-order valence-electron chi connectivity index (χ2n) is 7.20. The Hall–Kier alpha value is -4.13. The topological polar surface area (TPSA) is 90.9 Å². The lowest BCUT2D eigenvalue weighted by atomic mass is 10.2. The van der Waals surface area contributed by atoms with Crippen LogP contribution in [0, 0.1) is 0 Å². The molecule has 3 rings (SSSR count). The van der Waals surface area contributed by atoms with Crippen molar-refractivity contribution in [1.29, 1.82) is 0 Å². The zero-order valence-electron chi connectivity index (χ0n) is 18.0. The molecular formula is C26H25NO6. The number of hydrogen-bond acceptors (Lipinski definition) is 6. The van der Waals surface area contributed by atoms with Gasteiger partial charge < -0.3 is 19.5 Å². The molecule has 0 spiro atoms. The number of amides is 1. The number of esters is 2. The van der Waals surface area contributed by atoms with Crippen LogP contribution in [0.3, 0.4) is 0 Å². The van der Waals surface area contributed by atoms with Gasteiger partial charge in [-0.15, -0.1) is 0 Å². The van der Waals surface area contributed by atoms with E-state index in [0.29, 0.717) is 0 Å². The van der Waals surface area contributed by atoms with Crippen molar-refractivity contribution in [1.82, 2.24) is 5.32 Å². The lowest BCUT2D eigenvalue weighted by Gasteiger charge is -2.17. The average molecular weight is 447 g/mol. The van der Waals surface area contributed by atoms with E-state index in [1.807, 2.05) is 66.7 Å². The molecule has 0 radical (unpaired) electrons. The van der Waals surface area contributed by atoms with Crippen molar-refractivity contribution in [3.05, 3.63) is 108 Å². The Morgan fingerprint density at radius 3 is 1.52 bits per heavy atom. The van der Waals surface area contributed by atoms with Crippen LogP contribution in [0.15, 0.2) is 91.0 Å². The first kappa shape index (κ1) is 23.5. The number of benzene rings is 3. The van der Waals surface area contributed by atoms with E-state index >= 15 is 0 Å². The third-order valence-corrected chi connectivity index (χ3v) is 4.63. The third kappa shape index (κ3) is 8.49. The molecule has 33 heavy (non-hydrogen) atoms. The van der Waals surface area contributed by atoms with E-state index in [0.717, 1.165) is 16.7 Å². The van der Waals surface area contributed by atoms with Gasteiger partial charge in [-0.1, -0.05) is 91.0 Å². The number of carbonyl (C=O) groups excluding carboxylic acids is 3. The Bertz CT molecular complexity index is 967. The number of carbonyl (C=O) groups is 3. The first-order valence-corrected chi connectivity index (χ1v) is 10.5. The van der Waals surface area contributed by atoms with Gasteiger partial charge in [0.15, 0.2) is 0 Å². The van der Waals surface area contributed by atoms with Gasteiger partial charge in [-0.3, -0.25) is 4.79 Å². The quantitative estimate of drug-likeness (QED) is 0.371. The monoisotopic (exact) mass is 447 g/mol. The summed E-state index contributed by atoms with van der Waals surface area (Å²) >= 11 is 0. The molecule has 0 aliphatic carbocycles. The predicted octanol–water partition coefficient (Wildman–Crippen LogP) is 4.16. The number of ether oxygens (including phenoxy) is 3. The highest BCUT2D eigenvalue weighted by Gasteiger charge is 2.27. The van der Waals surface area contributed by atoms with Crippen LogP contribution in [0.4, 0.5) is 4.79 Å². The Morgan fingerprint density at radius 1 is 0.606 bits per heavy atom. The number of hydrogen-bond donors (Lipinski definition) is 1. The normalized spacial score (nSPS) is 11.2. The molecule has 0 heterocycles. The van der Waals surface area contributed by atoms with Gasteiger partial charge in [-0.25, -0.2) is 9.59 Å². The summed E-state index contributed by atoms with van der Waals surface area (Å²) in [5, 5.41) is 2.42. The van der Waals surface area contributed by atoms with Gasteiger partial charge in [0.1, 0.15) is 25.9 Å². The third-order valence-electron chi connectivity index (χ3n) is 4.63. The smallest absolute Gasteiger partial charge is 0.408 e. The molecule has 0 aliphatic rings. The largest absolute Gasteiger partial charge is 0.461 e. The highest BCUT2D eigenvalue weighted by molar-refractivity contribution is 5.86. The maximum Gasteiger partial charge on any atom is 0.408 e. The van der Waals surface area contributed by atoms with Gasteiger partial charge in [0, 0.05) is 0 Å². The van der Waals surface area contributed by atoms with Gasteiger partial charge in [-0.2, -0.15) is 0 Å². The van der Waals surface area contributed by atoms with Crippen molar-refractivity contribution in [3.8, 4) is 0 Å². The Morgan fingerprint density at radius 2 is 1.03 bits per heavy atom. The minimum atomic E-state index is -1.25. The number of nitrogens with one attached hydrogen (secondary N) is 1. The molecule has 0 bridgehead atoms. The van der Waals surface area contributed by atoms with Crippen molar-refractivity contribution in [2.45, 2.75) is 32.3 Å². The zero-order valence-corrected chi connectivity index (χ0v) is 18.0. The van der Waals surface area contributed by atoms with Crippen molar-refractivity contribution in [2.24, 2.45) is 0 Å². The summed E-state index contributed by atoms with van der Waals surface area (Å²) in [6, 6.07) is 26.1. The molecule has 1 amide bonds. The van der Waals surface area contributed by atoms with Crippen LogP contribution < -0.4 is 5.32 Å². The van der Waals surface area contributed by atoms with E-state index in [2.05, 4.69) is 5.32 Å². The number of rotatable bonds is 10. The van der Waals surface area contributed by atoms with Gasteiger partial charge in [0.25, 0.3) is 0 Å². The fraction of sp³-hybridized carbons (Fsp3) is 0.192. The molecule has 1 atom stereocenters. The van der Waals surface area contributed by atoms with Crippen molar-refractivity contribution in [2.75, 3.05) is 0 Å². The Balaban J connectivity index is 1.56. The second-order valence-corrected chi connectivity index (χ2v) is 7.20. The van der Waals surface area contributed by atoms with Gasteiger partial charge >= 0.3 is 18.0 Å². The van der Waals surface area contributed by atoms with E-state index in [-0.39, 0.29) is 26.2 Å². The van der Waals surface area contributed by atoms with Crippen molar-refractivity contribution < 1.29 is 28.6 Å². The lowest BCUT2D eigenvalue weighted by molar-refractivity contribution is -0.154. The van der Waals surface area contributed by atoms with E-state index in [4.69, 9.17) is 14.2 Å². The zero-order chi connectivity index (χ0) is 23.3. The highest BCUT2D eigenvalue weighted by Crippen LogP contribution is 2.08. The lowest BCUT2D eigenvalue weighted by Crippen LogP contribution is -2.43. The van der Waals surface area contributed by atoms with E-state index in [1.165, 1.54) is 0 Å². The van der Waals surface area contributed by atoms with Gasteiger partial charge in [-0.05, 0) is 16.7 Å². The molecule has 7 heteroatoms. The van der Waals surface area contributed by atoms with Crippen LogP contribution in [0.2, 0.25) is 0 Å². The van der Waals surface area contributed by atoms with Crippen molar-refractivity contribution in [3.63, 3.8) is 0 Å². The molecule has 0 aliphatic heterocycles. The summed E-state index contributed by atoms with van der Waals surface area (Å²) in [6.07, 6.45) is -1.22. The summed E-state index contributed by atoms with van der Waals surface area (Å²) in [7, 11) is 0. The van der Waals surface area contributed by atoms with Crippen LogP contribution >= 0.6 is 0 Å². The molecular weight excluding hydrogens is 422 g/mol. The van der Waals surface area contributed by atoms with Gasteiger partial charge in [0.05, 0.1) is 6.42 Å². The first-order chi connectivity index (χ1) is 16.1. The standard InChI is InChI=1S/C26H25NO6/c28-24(31-17-20-10-4-1-5-11-20)16-23(25(29)32-18-21-12-6-2-7-13-21)27-26(30)33-19-22-14-8-3-9-15-22/h1-15,23H,16-19H2,(H,27,30). The minimum Gasteiger partial charge on any atom is -0.461 e.